The van der Waals surface area contributed by atoms with Gasteiger partial charge in [0.1, 0.15) is 0 Å². The lowest BCUT2D eigenvalue weighted by Gasteiger charge is -2.14. The normalized spacial score (nSPS) is 12.0. The van der Waals surface area contributed by atoms with E-state index in [9.17, 15) is 4.79 Å². The number of carbonyl (C=O) groups excluding carboxylic acids is 1. The molecule has 2 amide bonds. The first-order chi connectivity index (χ1) is 11.2. The van der Waals surface area contributed by atoms with Crippen LogP contribution in [0.1, 0.15) is 6.92 Å². The Labute approximate surface area is 135 Å². The van der Waals surface area contributed by atoms with Crippen LogP contribution in [0.25, 0.3) is 10.8 Å². The van der Waals surface area contributed by atoms with E-state index in [2.05, 4.69) is 22.7 Å². The molecule has 3 aromatic rings. The highest BCUT2D eigenvalue weighted by Crippen LogP contribution is 2.22. The summed E-state index contributed by atoms with van der Waals surface area (Å²) in [6, 6.07) is 15.6. The summed E-state index contributed by atoms with van der Waals surface area (Å²) >= 11 is 0. The fourth-order valence-corrected chi connectivity index (χ4v) is 2.56. The van der Waals surface area contributed by atoms with E-state index in [1.165, 1.54) is 0 Å². The van der Waals surface area contributed by atoms with E-state index in [-0.39, 0.29) is 6.03 Å². The summed E-state index contributed by atoms with van der Waals surface area (Å²) in [6.45, 7) is 3.46. The number of amides is 2. The van der Waals surface area contributed by atoms with Gasteiger partial charge in [-0.05, 0) is 23.4 Å². The molecule has 0 saturated heterocycles. The van der Waals surface area contributed by atoms with Gasteiger partial charge in [0, 0.05) is 30.9 Å². The first kappa shape index (κ1) is 15.1. The minimum atomic E-state index is -0.186. The first-order valence-electron chi connectivity index (χ1n) is 7.72. The summed E-state index contributed by atoms with van der Waals surface area (Å²) in [5.74, 6) is 0.299. The van der Waals surface area contributed by atoms with Gasteiger partial charge in [0.05, 0.1) is 5.69 Å². The predicted octanol–water partition coefficient (Wildman–Crippen LogP) is 3.49. The number of benzene rings is 2. The molecule has 0 radical (unpaired) electrons. The highest BCUT2D eigenvalue weighted by Gasteiger charge is 2.08. The molecule has 0 unspecified atom stereocenters. The molecule has 0 spiro atoms. The lowest BCUT2D eigenvalue weighted by molar-refractivity contribution is 0.249. The smallest absolute Gasteiger partial charge is 0.319 e. The molecule has 0 aliphatic heterocycles. The molecule has 5 heteroatoms. The summed E-state index contributed by atoms with van der Waals surface area (Å²) in [5.41, 5.74) is 0.820. The number of rotatable bonds is 5. The van der Waals surface area contributed by atoms with Crippen LogP contribution in [0.5, 0.6) is 0 Å². The minimum absolute atomic E-state index is 0.186. The number of hydrogen-bond acceptors (Lipinski definition) is 2. The zero-order valence-corrected chi connectivity index (χ0v) is 13.1. The number of nitrogens with one attached hydrogen (secondary N) is 2. The van der Waals surface area contributed by atoms with Crippen molar-refractivity contribution >= 4 is 22.5 Å². The van der Waals surface area contributed by atoms with Crippen molar-refractivity contribution < 1.29 is 4.79 Å². The molecular formula is C18H20N4O. The molecule has 1 atom stereocenters. The van der Waals surface area contributed by atoms with Crippen LogP contribution in [0.2, 0.25) is 0 Å². The quantitative estimate of drug-likeness (QED) is 0.758. The van der Waals surface area contributed by atoms with Gasteiger partial charge in [-0.1, -0.05) is 43.3 Å². The summed E-state index contributed by atoms with van der Waals surface area (Å²) in [5, 5.41) is 12.2. The van der Waals surface area contributed by atoms with Crippen molar-refractivity contribution in [3.63, 3.8) is 0 Å². The van der Waals surface area contributed by atoms with Crippen molar-refractivity contribution in [1.29, 1.82) is 0 Å². The zero-order valence-electron chi connectivity index (χ0n) is 13.1. The van der Waals surface area contributed by atoms with E-state index in [0.29, 0.717) is 12.5 Å². The Balaban J connectivity index is 1.56. The van der Waals surface area contributed by atoms with Gasteiger partial charge in [-0.2, -0.15) is 5.10 Å². The highest BCUT2D eigenvalue weighted by atomic mass is 16.2. The number of fused-ring (bicyclic) bond motifs is 1. The summed E-state index contributed by atoms with van der Waals surface area (Å²) in [7, 11) is 0. The van der Waals surface area contributed by atoms with Crippen LogP contribution in [0.15, 0.2) is 60.9 Å². The minimum Gasteiger partial charge on any atom is -0.338 e. The second kappa shape index (κ2) is 6.96. The second-order valence-corrected chi connectivity index (χ2v) is 5.70. The average molecular weight is 308 g/mol. The standard InChI is InChI=1S/C18H20N4O/c1-14(13-22-11-5-10-20-22)12-19-18(23)21-17-9-4-7-15-6-2-3-8-16(15)17/h2-11,14H,12-13H2,1H3,(H2,19,21,23)/t14-/m1/s1. The fraction of sp³-hybridized carbons (Fsp3) is 0.222. The fourth-order valence-electron chi connectivity index (χ4n) is 2.56. The number of nitrogens with zero attached hydrogens (tertiary/aromatic N) is 2. The number of hydrogen-bond donors (Lipinski definition) is 2. The van der Waals surface area contributed by atoms with Crippen molar-refractivity contribution in [2.75, 3.05) is 11.9 Å². The van der Waals surface area contributed by atoms with Gasteiger partial charge in [0.15, 0.2) is 0 Å². The van der Waals surface area contributed by atoms with E-state index in [1.54, 1.807) is 6.20 Å². The molecule has 2 N–H and O–H groups in total. The Bertz CT molecular complexity index is 777. The maximum atomic E-state index is 12.1. The summed E-state index contributed by atoms with van der Waals surface area (Å²) in [6.07, 6.45) is 3.68. The van der Waals surface area contributed by atoms with Gasteiger partial charge >= 0.3 is 6.03 Å². The number of anilines is 1. The largest absolute Gasteiger partial charge is 0.338 e. The van der Waals surface area contributed by atoms with Crippen LogP contribution in [0.4, 0.5) is 10.5 Å². The van der Waals surface area contributed by atoms with Crippen molar-refractivity contribution in [3.8, 4) is 0 Å². The molecule has 118 valence electrons. The van der Waals surface area contributed by atoms with Gasteiger partial charge in [-0.25, -0.2) is 4.79 Å². The molecule has 0 aliphatic carbocycles. The summed E-state index contributed by atoms with van der Waals surface area (Å²) in [4.78, 5) is 12.1. The molecular weight excluding hydrogens is 288 g/mol. The Morgan fingerprint density at radius 3 is 2.83 bits per heavy atom. The van der Waals surface area contributed by atoms with Gasteiger partial charge in [-0.15, -0.1) is 0 Å². The number of carbonyl (C=O) groups is 1. The summed E-state index contributed by atoms with van der Waals surface area (Å²) < 4.78 is 1.87. The van der Waals surface area contributed by atoms with E-state index >= 15 is 0 Å². The van der Waals surface area contributed by atoms with E-state index in [1.807, 2.05) is 59.4 Å². The topological polar surface area (TPSA) is 59.0 Å². The van der Waals surface area contributed by atoms with Crippen LogP contribution in [0.3, 0.4) is 0 Å². The Hall–Kier alpha value is -2.82. The molecule has 0 saturated carbocycles. The zero-order chi connectivity index (χ0) is 16.1. The van der Waals surface area contributed by atoms with E-state index in [0.717, 1.165) is 23.0 Å². The maximum absolute atomic E-state index is 12.1. The Morgan fingerprint density at radius 1 is 1.17 bits per heavy atom. The van der Waals surface area contributed by atoms with E-state index < -0.39 is 0 Å². The third-order valence-corrected chi connectivity index (χ3v) is 3.71. The van der Waals surface area contributed by atoms with Gasteiger partial charge < -0.3 is 10.6 Å². The number of aromatic nitrogens is 2. The van der Waals surface area contributed by atoms with Crippen LogP contribution in [-0.2, 0) is 6.54 Å². The third-order valence-electron chi connectivity index (χ3n) is 3.71. The molecule has 2 aromatic carbocycles. The van der Waals surface area contributed by atoms with Crippen LogP contribution in [0, 0.1) is 5.92 Å². The van der Waals surface area contributed by atoms with Gasteiger partial charge in [-0.3, -0.25) is 4.68 Å². The van der Waals surface area contributed by atoms with Gasteiger partial charge in [0.2, 0.25) is 0 Å². The molecule has 23 heavy (non-hydrogen) atoms. The molecule has 0 fully saturated rings. The molecule has 0 aliphatic rings. The molecule has 1 heterocycles. The lowest BCUT2D eigenvalue weighted by Crippen LogP contribution is -2.33. The Kier molecular flexibility index (Phi) is 4.57. The molecule has 1 aromatic heterocycles. The molecule has 3 rings (SSSR count). The van der Waals surface area contributed by atoms with Crippen LogP contribution in [-0.4, -0.2) is 22.4 Å². The van der Waals surface area contributed by atoms with Crippen molar-refractivity contribution in [1.82, 2.24) is 15.1 Å². The number of urea groups is 1. The van der Waals surface area contributed by atoms with E-state index in [4.69, 9.17) is 0 Å². The maximum Gasteiger partial charge on any atom is 0.319 e. The predicted molar refractivity (Wildman–Crippen MR) is 92.4 cm³/mol. The Morgan fingerprint density at radius 2 is 2.00 bits per heavy atom. The van der Waals surface area contributed by atoms with Crippen LogP contribution < -0.4 is 10.6 Å². The van der Waals surface area contributed by atoms with Crippen molar-refractivity contribution in [3.05, 3.63) is 60.9 Å². The molecule has 0 bridgehead atoms. The lowest BCUT2D eigenvalue weighted by atomic mass is 10.1. The van der Waals surface area contributed by atoms with Crippen molar-refractivity contribution in [2.45, 2.75) is 13.5 Å². The average Bonchev–Trinajstić information content (AvgIpc) is 3.06. The van der Waals surface area contributed by atoms with Crippen LogP contribution >= 0.6 is 0 Å². The SMILES string of the molecule is C[C@H](CNC(=O)Nc1cccc2ccccc12)Cn1cccn1. The third kappa shape index (κ3) is 3.88. The first-order valence-corrected chi connectivity index (χ1v) is 7.72. The monoisotopic (exact) mass is 308 g/mol. The van der Waals surface area contributed by atoms with Gasteiger partial charge in [0.25, 0.3) is 0 Å². The molecule has 5 nitrogen and oxygen atoms in total. The van der Waals surface area contributed by atoms with Crippen molar-refractivity contribution in [2.24, 2.45) is 5.92 Å². The second-order valence-electron chi connectivity index (χ2n) is 5.70. The highest BCUT2D eigenvalue weighted by molar-refractivity contribution is 6.01.